The Hall–Kier alpha value is -4.62. The van der Waals surface area contributed by atoms with E-state index in [2.05, 4.69) is 0 Å². The summed E-state index contributed by atoms with van der Waals surface area (Å²) in [5, 5.41) is 7.28. The van der Waals surface area contributed by atoms with Crippen LogP contribution in [0.25, 0.3) is 38.4 Å². The smallest absolute Gasteiger partial charge is 0.410 e. The molecule has 0 N–H and O–H groups in total. The average Bonchev–Trinajstić information content (AvgIpc) is 3.63. The number of rotatable bonds is 7. The number of ether oxygens (including phenoxy) is 3. The third-order valence-electron chi connectivity index (χ3n) is 7.49. The van der Waals surface area contributed by atoms with Gasteiger partial charge >= 0.3 is 6.09 Å². The summed E-state index contributed by atoms with van der Waals surface area (Å²) in [5.41, 5.74) is 0.750. The molecule has 10 nitrogen and oxygen atoms in total. The number of nitrogens with zero attached hydrogens (tertiary/aromatic N) is 5. The second-order valence-electron chi connectivity index (χ2n) is 12.0. The molecule has 0 saturated heterocycles. The van der Waals surface area contributed by atoms with Gasteiger partial charge in [-0.1, -0.05) is 6.07 Å². The standard InChI is InChI=1S/C33H33F2N5O5S/c1-19-17-40-21(18-39(19)32(42)45-33(2,3)4)16-24(37-40)29-28(27-23(35)14-20(34)15-25(27)44-12-11-43-5)30-22(9-13-46-30)31(36-29)38-10-7-6-8-26(38)41/h6-10,13-16,19H,11-12,17-18H2,1-5H3/t19-/m1/s1. The van der Waals surface area contributed by atoms with Crippen molar-refractivity contribution in [1.82, 2.24) is 24.2 Å². The van der Waals surface area contributed by atoms with Gasteiger partial charge in [-0.15, -0.1) is 11.3 Å². The number of halogens is 2. The molecule has 1 amide bonds. The Morgan fingerprint density at radius 3 is 2.65 bits per heavy atom. The monoisotopic (exact) mass is 649 g/mol. The van der Waals surface area contributed by atoms with Crippen molar-refractivity contribution in [3.05, 3.63) is 81.7 Å². The fraction of sp³-hybridized carbons (Fsp3) is 0.333. The molecule has 0 fully saturated rings. The SMILES string of the molecule is COCCOc1cc(F)cc(F)c1-c1c(-c2cc3n(n2)C[C@@H](C)N(C(=O)OC(C)(C)C)C3)nc(-n2ccccc2=O)c2ccsc12. The van der Waals surface area contributed by atoms with Crippen molar-refractivity contribution >= 4 is 27.5 Å². The number of aromatic nitrogens is 4. The molecular formula is C33H33F2N5O5S. The highest BCUT2D eigenvalue weighted by atomic mass is 32.1. The van der Waals surface area contributed by atoms with Crippen LogP contribution in [0.3, 0.4) is 0 Å². The number of benzene rings is 1. The van der Waals surface area contributed by atoms with Crippen LogP contribution in [-0.2, 0) is 22.6 Å². The zero-order chi connectivity index (χ0) is 32.7. The van der Waals surface area contributed by atoms with Crippen LogP contribution in [0.5, 0.6) is 5.75 Å². The maximum atomic E-state index is 16.0. The molecule has 0 bridgehead atoms. The summed E-state index contributed by atoms with van der Waals surface area (Å²) < 4.78 is 50.9. The van der Waals surface area contributed by atoms with Gasteiger partial charge in [0.1, 0.15) is 46.8 Å². The lowest BCUT2D eigenvalue weighted by Crippen LogP contribution is -2.46. The van der Waals surface area contributed by atoms with Gasteiger partial charge in [0.15, 0.2) is 0 Å². The highest BCUT2D eigenvalue weighted by Gasteiger charge is 2.33. The zero-order valence-electron chi connectivity index (χ0n) is 26.0. The van der Waals surface area contributed by atoms with Crippen LogP contribution in [0.1, 0.15) is 33.4 Å². The van der Waals surface area contributed by atoms with Crippen molar-refractivity contribution in [2.45, 2.75) is 52.4 Å². The van der Waals surface area contributed by atoms with Crippen molar-refractivity contribution in [2.75, 3.05) is 20.3 Å². The molecule has 0 unspecified atom stereocenters. The van der Waals surface area contributed by atoms with Crippen molar-refractivity contribution in [3.63, 3.8) is 0 Å². The van der Waals surface area contributed by atoms with Crippen LogP contribution in [-0.4, -0.2) is 62.3 Å². The summed E-state index contributed by atoms with van der Waals surface area (Å²) in [4.78, 5) is 32.6. The van der Waals surface area contributed by atoms with Gasteiger partial charge in [-0.05, 0) is 51.3 Å². The van der Waals surface area contributed by atoms with Crippen LogP contribution >= 0.6 is 11.3 Å². The number of fused-ring (bicyclic) bond motifs is 2. The average molecular weight is 650 g/mol. The lowest BCUT2D eigenvalue weighted by molar-refractivity contribution is 0.00907. The quantitative estimate of drug-likeness (QED) is 0.188. The second-order valence-corrected chi connectivity index (χ2v) is 12.9. The first kappa shape index (κ1) is 31.4. The van der Waals surface area contributed by atoms with Crippen molar-refractivity contribution in [1.29, 1.82) is 0 Å². The first-order valence-corrected chi connectivity index (χ1v) is 15.6. The number of amides is 1. The van der Waals surface area contributed by atoms with E-state index < -0.39 is 23.3 Å². The van der Waals surface area contributed by atoms with E-state index in [0.717, 1.165) is 12.1 Å². The van der Waals surface area contributed by atoms with Crippen LogP contribution in [0.4, 0.5) is 13.6 Å². The molecule has 1 aliphatic heterocycles. The van der Waals surface area contributed by atoms with Crippen LogP contribution in [0, 0.1) is 11.6 Å². The van der Waals surface area contributed by atoms with Crippen LogP contribution in [0.15, 0.2) is 58.8 Å². The summed E-state index contributed by atoms with van der Waals surface area (Å²) in [6.45, 7) is 8.21. The van der Waals surface area contributed by atoms with E-state index in [9.17, 15) is 14.0 Å². The summed E-state index contributed by atoms with van der Waals surface area (Å²) >= 11 is 1.33. The fourth-order valence-electron chi connectivity index (χ4n) is 5.45. The first-order valence-electron chi connectivity index (χ1n) is 14.7. The molecule has 5 aromatic rings. The highest BCUT2D eigenvalue weighted by molar-refractivity contribution is 7.18. The molecule has 5 heterocycles. The normalized spacial score (nSPS) is 14.8. The lowest BCUT2D eigenvalue weighted by Gasteiger charge is -2.35. The van der Waals surface area contributed by atoms with Gasteiger partial charge in [-0.2, -0.15) is 5.10 Å². The minimum Gasteiger partial charge on any atom is -0.490 e. The maximum Gasteiger partial charge on any atom is 0.410 e. The molecule has 0 spiro atoms. The summed E-state index contributed by atoms with van der Waals surface area (Å²) in [5.74, 6) is -1.33. The van der Waals surface area contributed by atoms with Gasteiger partial charge in [-0.25, -0.2) is 18.6 Å². The number of hydrogen-bond acceptors (Lipinski definition) is 8. The number of thiophene rings is 1. The molecule has 0 saturated carbocycles. The summed E-state index contributed by atoms with van der Waals surface area (Å²) in [6, 6.07) is 10.1. The Morgan fingerprint density at radius 2 is 1.91 bits per heavy atom. The maximum absolute atomic E-state index is 16.0. The van der Waals surface area contributed by atoms with Gasteiger partial charge in [0, 0.05) is 47.2 Å². The highest BCUT2D eigenvalue weighted by Crippen LogP contribution is 2.46. The third-order valence-corrected chi connectivity index (χ3v) is 8.42. The van der Waals surface area contributed by atoms with Gasteiger partial charge in [0.05, 0.1) is 37.0 Å². The van der Waals surface area contributed by atoms with E-state index in [1.54, 1.807) is 40.0 Å². The Kier molecular flexibility index (Phi) is 8.38. The molecule has 0 radical (unpaired) electrons. The number of hydrogen-bond donors (Lipinski definition) is 0. The van der Waals surface area contributed by atoms with Crippen LogP contribution < -0.4 is 10.3 Å². The second kappa shape index (κ2) is 12.3. The van der Waals surface area contributed by atoms with Gasteiger partial charge in [0.25, 0.3) is 5.56 Å². The molecule has 4 aromatic heterocycles. The third kappa shape index (κ3) is 5.99. The zero-order valence-corrected chi connectivity index (χ0v) is 26.9. The van der Waals surface area contributed by atoms with Gasteiger partial charge in [0.2, 0.25) is 0 Å². The van der Waals surface area contributed by atoms with E-state index in [4.69, 9.17) is 24.3 Å². The molecule has 1 atom stereocenters. The summed E-state index contributed by atoms with van der Waals surface area (Å²) in [7, 11) is 1.50. The van der Waals surface area contributed by atoms with Gasteiger partial charge in [-0.3, -0.25) is 18.9 Å². The minimum atomic E-state index is -0.844. The van der Waals surface area contributed by atoms with E-state index in [1.807, 2.05) is 33.1 Å². The lowest BCUT2D eigenvalue weighted by atomic mass is 9.98. The molecule has 1 aromatic carbocycles. The minimum absolute atomic E-state index is 0.00846. The molecular weight excluding hydrogens is 616 g/mol. The van der Waals surface area contributed by atoms with Gasteiger partial charge < -0.3 is 14.2 Å². The Labute approximate surface area is 267 Å². The molecule has 1 aliphatic rings. The van der Waals surface area contributed by atoms with E-state index in [-0.39, 0.29) is 48.4 Å². The molecule has 0 aliphatic carbocycles. The Bertz CT molecular complexity index is 2000. The Morgan fingerprint density at radius 1 is 1.11 bits per heavy atom. The predicted molar refractivity (Wildman–Crippen MR) is 170 cm³/mol. The number of methoxy groups -OCH3 is 1. The molecule has 46 heavy (non-hydrogen) atoms. The molecule has 13 heteroatoms. The molecule has 240 valence electrons. The van der Waals surface area contributed by atoms with Crippen molar-refractivity contribution in [2.24, 2.45) is 0 Å². The van der Waals surface area contributed by atoms with Crippen molar-refractivity contribution < 1.29 is 27.8 Å². The fourth-order valence-corrected chi connectivity index (χ4v) is 6.40. The largest absolute Gasteiger partial charge is 0.490 e. The van der Waals surface area contributed by atoms with Crippen molar-refractivity contribution in [3.8, 4) is 34.1 Å². The molecule has 6 rings (SSSR count). The predicted octanol–water partition coefficient (Wildman–Crippen LogP) is 6.42. The topological polar surface area (TPSA) is 101 Å². The Balaban J connectivity index is 1.58. The number of carbonyl (C=O) groups excluding carboxylic acids is 1. The van der Waals surface area contributed by atoms with E-state index >= 15 is 4.39 Å². The summed E-state index contributed by atoms with van der Waals surface area (Å²) in [6.07, 6.45) is 1.17. The van der Waals surface area contributed by atoms with E-state index in [1.165, 1.54) is 29.1 Å². The van der Waals surface area contributed by atoms with Crippen LogP contribution in [0.2, 0.25) is 0 Å². The number of carbonyl (C=O) groups is 1. The first-order chi connectivity index (χ1) is 21.9. The van der Waals surface area contributed by atoms with E-state index in [0.29, 0.717) is 39.4 Å². The number of pyridine rings is 2.